The van der Waals surface area contributed by atoms with Gasteiger partial charge in [-0.25, -0.2) is 14.2 Å². The van der Waals surface area contributed by atoms with Crippen LogP contribution in [0.5, 0.6) is 0 Å². The van der Waals surface area contributed by atoms with E-state index >= 15 is 0 Å². The number of esters is 1. The van der Waals surface area contributed by atoms with Crippen molar-refractivity contribution in [1.82, 2.24) is 30.3 Å². The zero-order valence-electron chi connectivity index (χ0n) is 23.5. The number of aliphatic carboxylic acids is 1. The van der Waals surface area contributed by atoms with E-state index < -0.39 is 23.4 Å². The molecule has 14 heteroatoms. The van der Waals surface area contributed by atoms with E-state index in [-0.39, 0.29) is 24.6 Å². The van der Waals surface area contributed by atoms with Crippen LogP contribution in [0.25, 0.3) is 0 Å². The van der Waals surface area contributed by atoms with Crippen molar-refractivity contribution >= 4 is 51.9 Å². The maximum absolute atomic E-state index is 14.5. The Kier molecular flexibility index (Phi) is 8.67. The molecule has 222 valence electrons. The lowest BCUT2D eigenvalue weighted by atomic mass is 9.93. The van der Waals surface area contributed by atoms with Crippen molar-refractivity contribution < 1.29 is 23.8 Å². The zero-order valence-corrected chi connectivity index (χ0v) is 25.9. The van der Waals surface area contributed by atoms with Gasteiger partial charge < -0.3 is 25.0 Å². The third-order valence-corrected chi connectivity index (χ3v) is 10.3. The van der Waals surface area contributed by atoms with E-state index in [1.165, 1.54) is 28.1 Å². The van der Waals surface area contributed by atoms with Crippen LogP contribution < -0.4 is 10.6 Å². The minimum Gasteiger partial charge on any atom is -0.481 e. The fourth-order valence-corrected chi connectivity index (χ4v) is 7.62. The molecule has 0 aromatic carbocycles. The number of nitrogens with one attached hydrogen (secondary N) is 2. The predicted octanol–water partition coefficient (Wildman–Crippen LogP) is 3.10. The average Bonchev–Trinajstić information content (AvgIpc) is 3.64. The lowest BCUT2D eigenvalue weighted by molar-refractivity contribution is -0.147. The summed E-state index contributed by atoms with van der Waals surface area (Å²) in [6, 6.07) is -0.462. The van der Waals surface area contributed by atoms with Crippen molar-refractivity contribution in [3.63, 3.8) is 0 Å². The Labute approximate surface area is 252 Å². The number of carboxylic acids is 1. The number of thiocarbonyl (C=S) groups is 1. The number of carboxylic acid groups (broad SMARTS) is 1. The van der Waals surface area contributed by atoms with Crippen LogP contribution in [-0.4, -0.2) is 93.8 Å². The van der Waals surface area contributed by atoms with Crippen LogP contribution in [0.3, 0.4) is 0 Å². The van der Waals surface area contributed by atoms with Crippen molar-refractivity contribution in [2.24, 2.45) is 5.41 Å². The molecule has 3 unspecified atom stereocenters. The maximum atomic E-state index is 14.5. The van der Waals surface area contributed by atoms with Crippen LogP contribution in [0.4, 0.5) is 4.39 Å². The molecule has 3 atom stereocenters. The van der Waals surface area contributed by atoms with Crippen molar-refractivity contribution in [3.05, 3.63) is 49.5 Å². The molecule has 0 amide bonds. The van der Waals surface area contributed by atoms with E-state index in [4.69, 9.17) is 17.0 Å². The normalized spacial score (nSPS) is 23.5. The van der Waals surface area contributed by atoms with Gasteiger partial charge in [-0.15, -0.1) is 22.7 Å². The quantitative estimate of drug-likeness (QED) is 0.284. The monoisotopic (exact) mass is 622 g/mol. The molecular weight excluding hydrogens is 588 g/mol. The van der Waals surface area contributed by atoms with E-state index in [1.54, 1.807) is 33.9 Å². The number of ether oxygens (including phenoxy) is 1. The van der Waals surface area contributed by atoms with E-state index in [2.05, 4.69) is 25.4 Å². The van der Waals surface area contributed by atoms with Gasteiger partial charge >= 0.3 is 11.9 Å². The van der Waals surface area contributed by atoms with Gasteiger partial charge in [0.1, 0.15) is 17.0 Å². The Morgan fingerprint density at radius 3 is 2.71 bits per heavy atom. The number of carbonyl (C=O) groups excluding carboxylic acids is 1. The first-order chi connectivity index (χ1) is 19.5. The highest BCUT2D eigenvalue weighted by molar-refractivity contribution is 7.80. The number of aromatic nitrogens is 1. The summed E-state index contributed by atoms with van der Waals surface area (Å²) < 4.78 is 20.0. The largest absolute Gasteiger partial charge is 0.481 e. The average molecular weight is 623 g/mol. The molecule has 5 heterocycles. The first-order valence-corrected chi connectivity index (χ1v) is 15.7. The molecule has 0 radical (unpaired) electrons. The molecule has 2 aromatic heterocycles. The second kappa shape index (κ2) is 11.9. The van der Waals surface area contributed by atoms with Crippen LogP contribution in [0.2, 0.25) is 0 Å². The summed E-state index contributed by atoms with van der Waals surface area (Å²) in [5.41, 5.74) is 0.749. The number of fused-ring (bicyclic) bond motifs is 1. The molecule has 41 heavy (non-hydrogen) atoms. The lowest BCUT2D eigenvalue weighted by Crippen LogP contribution is -2.54. The summed E-state index contributed by atoms with van der Waals surface area (Å²) in [6.07, 6.45) is 1.37. The number of thiophene rings is 1. The van der Waals surface area contributed by atoms with Gasteiger partial charge in [0.05, 0.1) is 29.7 Å². The van der Waals surface area contributed by atoms with Crippen molar-refractivity contribution in [2.75, 3.05) is 45.9 Å². The van der Waals surface area contributed by atoms with E-state index in [0.29, 0.717) is 55.5 Å². The number of hydrogen-bond acceptors (Lipinski definition) is 10. The summed E-state index contributed by atoms with van der Waals surface area (Å²) in [5.74, 6) is -1.60. The third kappa shape index (κ3) is 5.98. The Hall–Kier alpha value is -2.65. The maximum Gasteiger partial charge on any atom is 0.337 e. The van der Waals surface area contributed by atoms with Crippen molar-refractivity contribution in [1.29, 1.82) is 0 Å². The van der Waals surface area contributed by atoms with Crippen LogP contribution >= 0.6 is 34.9 Å². The van der Waals surface area contributed by atoms with Crippen LogP contribution in [0.15, 0.2) is 28.2 Å². The van der Waals surface area contributed by atoms with E-state index in [1.807, 2.05) is 10.3 Å². The topological polar surface area (TPSA) is 110 Å². The zero-order chi connectivity index (χ0) is 29.5. The van der Waals surface area contributed by atoms with Gasteiger partial charge in [0.25, 0.3) is 0 Å². The molecule has 2 fully saturated rings. The standard InChI is InChI=1S/C27H35FN6O4S3/c1-5-38-24(35)19-18(30-22(23-29-6-9-40-23)31-20(19)21-15(2)17(28)13-41-21)12-32-7-8-34-16(10-32)11-33(26(34)39)14-27(3,4)25(36)37/h6,9,13,16,20,22,30-31H,5,7-8,10-12,14H2,1-4H3,(H,36,37). The van der Waals surface area contributed by atoms with Crippen LogP contribution in [-0.2, 0) is 14.3 Å². The van der Waals surface area contributed by atoms with Crippen molar-refractivity contribution in [3.8, 4) is 0 Å². The number of nitrogens with zero attached hydrogens (tertiary/aromatic N) is 4. The number of rotatable bonds is 9. The predicted molar refractivity (Wildman–Crippen MR) is 159 cm³/mol. The fourth-order valence-electron chi connectivity index (χ4n) is 5.60. The second-order valence-corrected chi connectivity index (χ2v) is 13.4. The number of hydrogen-bond donors (Lipinski definition) is 3. The van der Waals surface area contributed by atoms with Gasteiger partial charge in [-0.3, -0.25) is 15.0 Å². The highest BCUT2D eigenvalue weighted by Gasteiger charge is 2.43. The molecule has 0 saturated carbocycles. The van der Waals surface area contributed by atoms with Gasteiger partial charge in [-0.05, 0) is 39.9 Å². The van der Waals surface area contributed by atoms with E-state index in [9.17, 15) is 19.1 Å². The number of halogens is 1. The van der Waals surface area contributed by atoms with Crippen LogP contribution in [0, 0.1) is 18.2 Å². The summed E-state index contributed by atoms with van der Waals surface area (Å²) in [7, 11) is 0. The fraction of sp³-hybridized carbons (Fsp3) is 0.556. The van der Waals surface area contributed by atoms with Gasteiger partial charge in [0.2, 0.25) is 0 Å². The molecule has 3 aliphatic heterocycles. The van der Waals surface area contributed by atoms with Gasteiger partial charge in [0.15, 0.2) is 5.11 Å². The Balaban J connectivity index is 1.43. The van der Waals surface area contributed by atoms with E-state index in [0.717, 1.165) is 15.6 Å². The van der Waals surface area contributed by atoms with Gasteiger partial charge in [-0.1, -0.05) is 0 Å². The van der Waals surface area contributed by atoms with Gasteiger partial charge in [-0.2, -0.15) is 0 Å². The van der Waals surface area contributed by atoms with Crippen molar-refractivity contribution in [2.45, 2.75) is 45.9 Å². The molecular formula is C27H35FN6O4S3. The number of carbonyl (C=O) groups is 2. The SMILES string of the molecule is CCOC(=O)C1=C(CN2CCN3C(=S)N(CC(C)(C)C(=O)O)CC3C2)NC(c2nccs2)NC1c1scc(F)c1C. The van der Waals surface area contributed by atoms with Gasteiger partial charge in [0, 0.05) is 72.4 Å². The minimum absolute atomic E-state index is 0.105. The summed E-state index contributed by atoms with van der Waals surface area (Å²) in [4.78, 5) is 36.8. The molecule has 0 spiro atoms. The lowest BCUT2D eigenvalue weighted by Gasteiger charge is -2.40. The number of thiazole rings is 1. The van der Waals surface area contributed by atoms with Crippen LogP contribution in [0.1, 0.15) is 48.4 Å². The highest BCUT2D eigenvalue weighted by Crippen LogP contribution is 2.38. The molecule has 10 nitrogen and oxygen atoms in total. The molecule has 5 rings (SSSR count). The highest BCUT2D eigenvalue weighted by atomic mass is 32.1. The smallest absolute Gasteiger partial charge is 0.337 e. The first-order valence-electron chi connectivity index (χ1n) is 13.6. The summed E-state index contributed by atoms with van der Waals surface area (Å²) in [6.45, 7) is 10.7. The number of piperazine rings is 1. The second-order valence-electron chi connectivity index (χ2n) is 11.2. The molecule has 2 aromatic rings. The third-order valence-electron chi connectivity index (χ3n) is 7.80. The molecule has 0 bridgehead atoms. The Morgan fingerprint density at radius 2 is 2.07 bits per heavy atom. The minimum atomic E-state index is -0.921. The summed E-state index contributed by atoms with van der Waals surface area (Å²) in [5, 5.41) is 21.5. The summed E-state index contributed by atoms with van der Waals surface area (Å²) >= 11 is 8.51. The Morgan fingerprint density at radius 1 is 1.29 bits per heavy atom. The Bertz CT molecular complexity index is 1350. The molecule has 3 aliphatic rings. The molecule has 3 N–H and O–H groups in total. The molecule has 2 saturated heterocycles. The molecule has 0 aliphatic carbocycles. The first kappa shape index (κ1) is 29.8.